The third-order valence-corrected chi connectivity index (χ3v) is 4.07. The smallest absolute Gasteiger partial charge is 0.315 e. The summed E-state index contributed by atoms with van der Waals surface area (Å²) in [5.41, 5.74) is 8.00. The maximum Gasteiger partial charge on any atom is 0.315 e. The summed E-state index contributed by atoms with van der Waals surface area (Å²) in [4.78, 5) is 14.0. The van der Waals surface area contributed by atoms with E-state index in [1.165, 1.54) is 0 Å². The van der Waals surface area contributed by atoms with Gasteiger partial charge >= 0.3 is 6.03 Å². The number of rotatable bonds is 6. The third-order valence-electron chi connectivity index (χ3n) is 4.07. The predicted octanol–water partition coefficient (Wildman–Crippen LogP) is 4.67. The molecule has 2 aromatic rings. The number of urea groups is 1. The number of nitrogens with two attached hydrogens (primary N) is 1. The molecule has 2 unspecified atom stereocenters. The zero-order chi connectivity index (χ0) is 15.9. The summed E-state index contributed by atoms with van der Waals surface area (Å²) in [6.45, 7) is 4.18. The molecule has 3 heteroatoms. The maximum absolute atomic E-state index is 12.2. The van der Waals surface area contributed by atoms with Gasteiger partial charge in [-0.2, -0.15) is 0 Å². The van der Waals surface area contributed by atoms with Crippen molar-refractivity contribution in [1.29, 1.82) is 0 Å². The first-order valence-corrected chi connectivity index (χ1v) is 7.86. The molecule has 0 aromatic heterocycles. The van der Waals surface area contributed by atoms with Gasteiger partial charge in [-0.05, 0) is 24.0 Å². The van der Waals surface area contributed by atoms with Crippen molar-refractivity contribution in [2.75, 3.05) is 0 Å². The molecule has 0 radical (unpaired) electrons. The molecule has 0 heterocycles. The van der Waals surface area contributed by atoms with Crippen LogP contribution in [0.15, 0.2) is 60.7 Å². The number of carbonyl (C=O) groups is 1. The van der Waals surface area contributed by atoms with E-state index >= 15 is 0 Å². The van der Waals surface area contributed by atoms with E-state index in [1.54, 1.807) is 0 Å². The van der Waals surface area contributed by atoms with Crippen LogP contribution in [-0.2, 0) is 0 Å². The molecule has 0 saturated heterocycles. The number of hydrogen-bond acceptors (Lipinski definition) is 1. The summed E-state index contributed by atoms with van der Waals surface area (Å²) >= 11 is 0. The van der Waals surface area contributed by atoms with Crippen LogP contribution in [0.2, 0.25) is 0 Å². The van der Waals surface area contributed by atoms with Crippen molar-refractivity contribution in [2.45, 2.75) is 38.8 Å². The fourth-order valence-corrected chi connectivity index (χ4v) is 3.06. The summed E-state index contributed by atoms with van der Waals surface area (Å²) in [6.07, 6.45) is 1.66. The number of nitrogens with zero attached hydrogens (tertiary/aromatic N) is 1. The second-order valence-electron chi connectivity index (χ2n) is 5.41. The first kappa shape index (κ1) is 16.1. The van der Waals surface area contributed by atoms with Crippen molar-refractivity contribution in [1.82, 2.24) is 4.90 Å². The lowest BCUT2D eigenvalue weighted by Crippen LogP contribution is -2.41. The average molecular weight is 296 g/mol. The van der Waals surface area contributed by atoms with Crippen LogP contribution >= 0.6 is 0 Å². The van der Waals surface area contributed by atoms with Crippen molar-refractivity contribution < 1.29 is 4.79 Å². The topological polar surface area (TPSA) is 46.3 Å². The second-order valence-corrected chi connectivity index (χ2v) is 5.41. The molecular weight excluding hydrogens is 272 g/mol. The van der Waals surface area contributed by atoms with E-state index in [1.807, 2.05) is 41.3 Å². The summed E-state index contributed by atoms with van der Waals surface area (Å²) < 4.78 is 0. The fourth-order valence-electron chi connectivity index (χ4n) is 3.06. The number of primary amides is 1. The van der Waals surface area contributed by atoms with Gasteiger partial charge in [0.15, 0.2) is 0 Å². The van der Waals surface area contributed by atoms with Crippen LogP contribution in [-0.4, -0.2) is 10.9 Å². The zero-order valence-electron chi connectivity index (χ0n) is 13.3. The van der Waals surface area contributed by atoms with Crippen LogP contribution in [0.4, 0.5) is 4.79 Å². The average Bonchev–Trinajstić information content (AvgIpc) is 2.56. The second kappa shape index (κ2) is 7.64. The lowest BCUT2D eigenvalue weighted by atomic mass is 9.96. The quantitative estimate of drug-likeness (QED) is 0.827. The summed E-state index contributed by atoms with van der Waals surface area (Å²) in [5.74, 6) is 0. The predicted molar refractivity (Wildman–Crippen MR) is 90.4 cm³/mol. The summed E-state index contributed by atoms with van der Waals surface area (Å²) in [6, 6.07) is 19.8. The molecule has 2 rings (SSSR count). The molecule has 2 N–H and O–H groups in total. The zero-order valence-corrected chi connectivity index (χ0v) is 13.3. The molecule has 2 atom stereocenters. The van der Waals surface area contributed by atoms with Gasteiger partial charge in [-0.15, -0.1) is 0 Å². The van der Waals surface area contributed by atoms with Gasteiger partial charge in [0.25, 0.3) is 0 Å². The molecule has 0 spiro atoms. The fraction of sp³-hybridized carbons (Fsp3) is 0.316. The van der Waals surface area contributed by atoms with Crippen LogP contribution in [0.3, 0.4) is 0 Å². The van der Waals surface area contributed by atoms with Crippen molar-refractivity contribution in [3.8, 4) is 0 Å². The Morgan fingerprint density at radius 3 is 1.50 bits per heavy atom. The van der Waals surface area contributed by atoms with Gasteiger partial charge in [-0.25, -0.2) is 4.79 Å². The van der Waals surface area contributed by atoms with Crippen LogP contribution in [0.25, 0.3) is 0 Å². The normalized spacial score (nSPS) is 13.4. The monoisotopic (exact) mass is 296 g/mol. The van der Waals surface area contributed by atoms with Crippen molar-refractivity contribution in [3.63, 3.8) is 0 Å². The minimum absolute atomic E-state index is 0.0103. The van der Waals surface area contributed by atoms with Gasteiger partial charge in [-0.1, -0.05) is 74.5 Å². The van der Waals surface area contributed by atoms with E-state index in [0.29, 0.717) is 0 Å². The Morgan fingerprint density at radius 2 is 1.23 bits per heavy atom. The highest BCUT2D eigenvalue weighted by Crippen LogP contribution is 2.34. The Hall–Kier alpha value is -2.29. The molecule has 22 heavy (non-hydrogen) atoms. The van der Waals surface area contributed by atoms with Gasteiger partial charge < -0.3 is 10.6 Å². The first-order chi connectivity index (χ1) is 10.7. The maximum atomic E-state index is 12.2. The molecular formula is C19H24N2O. The van der Waals surface area contributed by atoms with E-state index in [4.69, 9.17) is 5.73 Å². The van der Waals surface area contributed by atoms with Gasteiger partial charge in [0, 0.05) is 0 Å². The summed E-state index contributed by atoms with van der Waals surface area (Å²) in [7, 11) is 0. The summed E-state index contributed by atoms with van der Waals surface area (Å²) in [5, 5.41) is 0. The molecule has 2 aromatic carbocycles. The van der Waals surface area contributed by atoms with Crippen LogP contribution in [0.5, 0.6) is 0 Å². The SMILES string of the molecule is CCC(c1ccccc1)N(C(N)=O)C(CC)c1ccccc1. The van der Waals surface area contributed by atoms with E-state index in [2.05, 4.69) is 38.1 Å². The van der Waals surface area contributed by atoms with E-state index in [9.17, 15) is 4.79 Å². The number of benzene rings is 2. The lowest BCUT2D eigenvalue weighted by Gasteiger charge is -2.37. The van der Waals surface area contributed by atoms with Crippen molar-refractivity contribution in [3.05, 3.63) is 71.8 Å². The molecule has 2 amide bonds. The Bertz CT molecular complexity index is 535. The molecule has 0 fully saturated rings. The van der Waals surface area contributed by atoms with E-state index < -0.39 is 0 Å². The van der Waals surface area contributed by atoms with Gasteiger partial charge in [-0.3, -0.25) is 0 Å². The van der Waals surface area contributed by atoms with Crippen molar-refractivity contribution in [2.24, 2.45) is 5.73 Å². The largest absolute Gasteiger partial charge is 0.351 e. The molecule has 116 valence electrons. The Labute approximate surface area is 132 Å². The molecule has 0 aliphatic carbocycles. The van der Waals surface area contributed by atoms with Crippen LogP contribution < -0.4 is 5.73 Å². The molecule has 3 nitrogen and oxygen atoms in total. The molecule has 0 bridgehead atoms. The molecule has 0 aliphatic rings. The Morgan fingerprint density at radius 1 is 0.864 bits per heavy atom. The minimum Gasteiger partial charge on any atom is -0.351 e. The number of hydrogen-bond donors (Lipinski definition) is 1. The van der Waals surface area contributed by atoms with Crippen LogP contribution in [0.1, 0.15) is 49.9 Å². The first-order valence-electron chi connectivity index (χ1n) is 7.86. The Kier molecular flexibility index (Phi) is 5.59. The number of amides is 2. The van der Waals surface area contributed by atoms with Crippen molar-refractivity contribution >= 4 is 6.03 Å². The Balaban J connectivity index is 2.41. The van der Waals surface area contributed by atoms with Gasteiger partial charge in [0.2, 0.25) is 0 Å². The highest BCUT2D eigenvalue weighted by Gasteiger charge is 2.29. The minimum atomic E-state index is -0.369. The van der Waals surface area contributed by atoms with Gasteiger partial charge in [0.05, 0.1) is 12.1 Å². The van der Waals surface area contributed by atoms with E-state index in [-0.39, 0.29) is 18.1 Å². The highest BCUT2D eigenvalue weighted by atomic mass is 16.2. The van der Waals surface area contributed by atoms with Crippen LogP contribution in [0, 0.1) is 0 Å². The lowest BCUT2D eigenvalue weighted by molar-refractivity contribution is 0.146. The highest BCUT2D eigenvalue weighted by molar-refractivity contribution is 5.73. The third kappa shape index (κ3) is 3.48. The van der Waals surface area contributed by atoms with Gasteiger partial charge in [0.1, 0.15) is 0 Å². The standard InChI is InChI=1S/C19H24N2O/c1-3-17(15-11-7-5-8-12-15)21(19(20)22)18(4-2)16-13-9-6-10-14-16/h5-14,17-18H,3-4H2,1-2H3,(H2,20,22). The number of carbonyl (C=O) groups excluding carboxylic acids is 1. The molecule has 0 aliphatic heterocycles. The van der Waals surface area contributed by atoms with E-state index in [0.717, 1.165) is 24.0 Å². The molecule has 0 saturated carbocycles.